The Hall–Kier alpha value is -1.73. The molecule has 2 aromatic rings. The van der Waals surface area contributed by atoms with Crippen LogP contribution < -0.4 is 0 Å². The normalized spacial score (nSPS) is 27.2. The molecule has 0 N–H and O–H groups in total. The number of likely N-dealkylation sites (tertiary alicyclic amines) is 1. The van der Waals surface area contributed by atoms with Gasteiger partial charge in [0.1, 0.15) is 16.9 Å². The Labute approximate surface area is 138 Å². The molecule has 0 unspecified atom stereocenters. The van der Waals surface area contributed by atoms with E-state index in [1.807, 2.05) is 11.8 Å². The zero-order valence-electron chi connectivity index (χ0n) is 13.2. The van der Waals surface area contributed by atoms with Crippen LogP contribution in [0.15, 0.2) is 16.0 Å². The van der Waals surface area contributed by atoms with Crippen molar-refractivity contribution >= 4 is 17.2 Å². The lowest BCUT2D eigenvalue weighted by Crippen LogP contribution is -2.45. The number of hydrogen-bond donors (Lipinski definition) is 0. The van der Waals surface area contributed by atoms with E-state index in [4.69, 9.17) is 9.26 Å². The molecule has 0 aliphatic carbocycles. The number of piperidine rings is 1. The second kappa shape index (κ2) is 5.72. The summed E-state index contributed by atoms with van der Waals surface area (Å²) in [5.41, 5.74) is 1.42. The molecule has 0 spiro atoms. The van der Waals surface area contributed by atoms with E-state index in [-0.39, 0.29) is 18.1 Å². The van der Waals surface area contributed by atoms with Gasteiger partial charge < -0.3 is 14.2 Å². The van der Waals surface area contributed by atoms with Crippen LogP contribution in [0.4, 0.5) is 0 Å². The van der Waals surface area contributed by atoms with Crippen LogP contribution in [0.3, 0.4) is 0 Å². The third-order valence-corrected chi connectivity index (χ3v) is 5.65. The van der Waals surface area contributed by atoms with Gasteiger partial charge in [-0.25, -0.2) is 4.98 Å². The summed E-state index contributed by atoms with van der Waals surface area (Å²) in [4.78, 5) is 18.9. The lowest BCUT2D eigenvalue weighted by atomic mass is 9.91. The predicted molar refractivity (Wildman–Crippen MR) is 84.3 cm³/mol. The monoisotopic (exact) mass is 333 g/mol. The van der Waals surface area contributed by atoms with E-state index in [0.717, 1.165) is 30.1 Å². The summed E-state index contributed by atoms with van der Waals surface area (Å²) in [7, 11) is 0. The average Bonchev–Trinajstić information content (AvgIpc) is 3.24. The molecule has 0 saturated carbocycles. The molecule has 2 aliphatic heterocycles. The van der Waals surface area contributed by atoms with E-state index >= 15 is 0 Å². The molecule has 2 saturated heterocycles. The van der Waals surface area contributed by atoms with E-state index in [2.05, 4.69) is 15.5 Å². The first-order valence-corrected chi connectivity index (χ1v) is 8.78. The van der Waals surface area contributed by atoms with Crippen molar-refractivity contribution in [2.75, 3.05) is 13.1 Å². The lowest BCUT2D eigenvalue weighted by Gasteiger charge is -2.33. The number of aryl methyl sites for hydroxylation is 2. The van der Waals surface area contributed by atoms with Gasteiger partial charge in [0.05, 0.1) is 6.10 Å². The molecule has 2 fully saturated rings. The first-order chi connectivity index (χ1) is 11.1. The molecule has 6 nitrogen and oxygen atoms in total. The van der Waals surface area contributed by atoms with Gasteiger partial charge in [-0.3, -0.25) is 4.79 Å². The van der Waals surface area contributed by atoms with E-state index in [9.17, 15) is 4.79 Å². The standard InChI is InChI=1S/C16H19N3O3S/c1-9-8-23-15(17-9)13-6-11-3-4-19(7-14(11)21-13)16(20)12-5-10(2)22-18-12/h5,8,11,13-14H,3-4,6-7H2,1-2H3/t11-,13+,14+/m0/s1. The van der Waals surface area contributed by atoms with Crippen molar-refractivity contribution in [2.24, 2.45) is 5.92 Å². The van der Waals surface area contributed by atoms with Gasteiger partial charge in [0.25, 0.3) is 5.91 Å². The highest BCUT2D eigenvalue weighted by molar-refractivity contribution is 7.09. The van der Waals surface area contributed by atoms with Gasteiger partial charge >= 0.3 is 0 Å². The molecule has 0 bridgehead atoms. The van der Waals surface area contributed by atoms with E-state index < -0.39 is 0 Å². The second-order valence-electron chi connectivity index (χ2n) is 6.35. The van der Waals surface area contributed by atoms with Crippen molar-refractivity contribution in [3.05, 3.63) is 33.6 Å². The van der Waals surface area contributed by atoms with Crippen LogP contribution in [0.2, 0.25) is 0 Å². The summed E-state index contributed by atoms with van der Waals surface area (Å²) < 4.78 is 11.2. The number of aromatic nitrogens is 2. The highest BCUT2D eigenvalue weighted by Crippen LogP contribution is 2.41. The summed E-state index contributed by atoms with van der Waals surface area (Å²) in [5.74, 6) is 1.09. The minimum Gasteiger partial charge on any atom is -0.366 e. The quantitative estimate of drug-likeness (QED) is 0.845. The highest BCUT2D eigenvalue weighted by atomic mass is 32.1. The molecule has 2 aromatic heterocycles. The fourth-order valence-electron chi connectivity index (χ4n) is 3.42. The molecule has 4 heterocycles. The second-order valence-corrected chi connectivity index (χ2v) is 7.24. The Kier molecular flexibility index (Phi) is 3.69. The Morgan fingerprint density at radius 2 is 2.30 bits per heavy atom. The molecule has 7 heteroatoms. The van der Waals surface area contributed by atoms with Crippen LogP contribution in [0, 0.1) is 19.8 Å². The maximum Gasteiger partial charge on any atom is 0.276 e. The van der Waals surface area contributed by atoms with Gasteiger partial charge in [0.2, 0.25) is 0 Å². The average molecular weight is 333 g/mol. The van der Waals surface area contributed by atoms with Crippen molar-refractivity contribution in [1.29, 1.82) is 0 Å². The zero-order valence-corrected chi connectivity index (χ0v) is 14.0. The topological polar surface area (TPSA) is 68.5 Å². The minimum absolute atomic E-state index is 0.0718. The number of fused-ring (bicyclic) bond motifs is 1. The summed E-state index contributed by atoms with van der Waals surface area (Å²) in [6.45, 7) is 5.16. The van der Waals surface area contributed by atoms with Gasteiger partial charge in [0, 0.05) is 30.2 Å². The molecular weight excluding hydrogens is 314 g/mol. The maximum atomic E-state index is 12.5. The van der Waals surface area contributed by atoms with Gasteiger partial charge in [-0.2, -0.15) is 0 Å². The van der Waals surface area contributed by atoms with E-state index in [1.165, 1.54) is 0 Å². The first-order valence-electron chi connectivity index (χ1n) is 7.90. The number of carbonyl (C=O) groups excluding carboxylic acids is 1. The van der Waals surface area contributed by atoms with Crippen LogP contribution in [0.1, 0.15) is 45.9 Å². The van der Waals surface area contributed by atoms with E-state index in [0.29, 0.717) is 23.9 Å². The van der Waals surface area contributed by atoms with Crippen LogP contribution in [-0.2, 0) is 4.74 Å². The fraction of sp³-hybridized carbons (Fsp3) is 0.562. The van der Waals surface area contributed by atoms with Crippen LogP contribution in [0.5, 0.6) is 0 Å². The van der Waals surface area contributed by atoms with Gasteiger partial charge in [-0.05, 0) is 32.6 Å². The molecule has 122 valence electrons. The minimum atomic E-state index is -0.0718. The van der Waals surface area contributed by atoms with Gasteiger partial charge in [-0.1, -0.05) is 5.16 Å². The zero-order chi connectivity index (χ0) is 16.0. The van der Waals surface area contributed by atoms with Crippen molar-refractivity contribution in [2.45, 2.75) is 38.9 Å². The van der Waals surface area contributed by atoms with Crippen LogP contribution in [0.25, 0.3) is 0 Å². The van der Waals surface area contributed by atoms with Crippen molar-refractivity contribution < 1.29 is 14.1 Å². The number of amides is 1. The lowest BCUT2D eigenvalue weighted by molar-refractivity contribution is -0.00477. The van der Waals surface area contributed by atoms with Gasteiger partial charge in [0.15, 0.2) is 5.69 Å². The Morgan fingerprint density at radius 3 is 3.00 bits per heavy atom. The van der Waals surface area contributed by atoms with E-state index in [1.54, 1.807) is 24.3 Å². The predicted octanol–water partition coefficient (Wildman–Crippen LogP) is 2.74. The summed E-state index contributed by atoms with van der Waals surface area (Å²) in [5, 5.41) is 6.94. The fourth-order valence-corrected chi connectivity index (χ4v) is 4.27. The molecule has 2 aliphatic rings. The number of nitrogens with zero attached hydrogens (tertiary/aromatic N) is 3. The molecule has 1 amide bonds. The highest BCUT2D eigenvalue weighted by Gasteiger charge is 2.42. The molecule has 23 heavy (non-hydrogen) atoms. The smallest absolute Gasteiger partial charge is 0.276 e. The number of carbonyl (C=O) groups is 1. The third-order valence-electron chi connectivity index (χ3n) is 4.60. The first kappa shape index (κ1) is 14.8. The Morgan fingerprint density at radius 1 is 1.43 bits per heavy atom. The van der Waals surface area contributed by atoms with Crippen LogP contribution in [-0.4, -0.2) is 40.1 Å². The maximum absolute atomic E-state index is 12.5. The number of hydrogen-bond acceptors (Lipinski definition) is 6. The SMILES string of the molecule is Cc1csc([C@H]2C[C@@H]3CCN(C(=O)c4cc(C)on4)C[C@H]3O2)n1. The molecule has 0 aromatic carbocycles. The molecular formula is C16H19N3O3S. The van der Waals surface area contributed by atoms with Crippen molar-refractivity contribution in [3.63, 3.8) is 0 Å². The van der Waals surface area contributed by atoms with Crippen molar-refractivity contribution in [1.82, 2.24) is 15.0 Å². The summed E-state index contributed by atoms with van der Waals surface area (Å²) in [6.07, 6.45) is 2.14. The number of ether oxygens (including phenoxy) is 1. The largest absolute Gasteiger partial charge is 0.366 e. The van der Waals surface area contributed by atoms with Crippen molar-refractivity contribution in [3.8, 4) is 0 Å². The van der Waals surface area contributed by atoms with Gasteiger partial charge in [-0.15, -0.1) is 11.3 Å². The van der Waals surface area contributed by atoms with Crippen LogP contribution >= 0.6 is 11.3 Å². The summed E-state index contributed by atoms with van der Waals surface area (Å²) >= 11 is 1.66. The summed E-state index contributed by atoms with van der Waals surface area (Å²) in [6, 6.07) is 1.69. The number of rotatable bonds is 2. The third kappa shape index (κ3) is 2.79. The molecule has 0 radical (unpaired) electrons. The molecule has 3 atom stereocenters. The molecule has 4 rings (SSSR count). The number of thiazole rings is 1. The Balaban J connectivity index is 1.44. The Bertz CT molecular complexity index is 726.